The topological polar surface area (TPSA) is 75.2 Å². The van der Waals surface area contributed by atoms with Crippen LogP contribution in [0, 0.1) is 0 Å². The lowest BCUT2D eigenvalue weighted by Gasteiger charge is -2.48. The highest BCUT2D eigenvalue weighted by molar-refractivity contribution is 14.0. The van der Waals surface area contributed by atoms with Gasteiger partial charge in [-0.1, -0.05) is 32.1 Å². The molecule has 0 unspecified atom stereocenters. The minimum Gasteiger partial charge on any atom is -0.466 e. The van der Waals surface area contributed by atoms with Crippen molar-refractivity contribution in [2.45, 2.75) is 76.7 Å². The van der Waals surface area contributed by atoms with Crippen LogP contribution < -0.4 is 10.6 Å². The van der Waals surface area contributed by atoms with Crippen molar-refractivity contribution in [1.29, 1.82) is 0 Å². The normalized spacial score (nSPS) is 19.6. The number of ether oxygens (including phenoxy) is 2. The molecule has 0 bridgehead atoms. The van der Waals surface area contributed by atoms with Gasteiger partial charge in [-0.05, 0) is 32.6 Å². The number of nitrogens with zero attached hydrogens (tertiary/aromatic N) is 2. The summed E-state index contributed by atoms with van der Waals surface area (Å²) >= 11 is 0. The molecular formula is C22H43IN4O3. The summed E-state index contributed by atoms with van der Waals surface area (Å²) in [5.41, 5.74) is 0.243. The van der Waals surface area contributed by atoms with Crippen molar-refractivity contribution < 1.29 is 14.3 Å². The van der Waals surface area contributed by atoms with Crippen LogP contribution in [0.3, 0.4) is 0 Å². The molecule has 176 valence electrons. The van der Waals surface area contributed by atoms with E-state index < -0.39 is 0 Å². The highest BCUT2D eigenvalue weighted by Crippen LogP contribution is 2.33. The maximum Gasteiger partial charge on any atom is 0.305 e. The highest BCUT2D eigenvalue weighted by atomic mass is 127. The first-order valence-corrected chi connectivity index (χ1v) is 11.6. The quantitative estimate of drug-likeness (QED) is 0.138. The number of aliphatic imine (C=N–C) groups is 1. The van der Waals surface area contributed by atoms with Gasteiger partial charge in [0.1, 0.15) is 0 Å². The molecule has 8 heteroatoms. The van der Waals surface area contributed by atoms with E-state index in [0.717, 1.165) is 71.0 Å². The molecule has 1 aliphatic heterocycles. The summed E-state index contributed by atoms with van der Waals surface area (Å²) in [6.07, 6.45) is 11.2. The van der Waals surface area contributed by atoms with Crippen molar-refractivity contribution >= 4 is 35.9 Å². The molecule has 1 heterocycles. The van der Waals surface area contributed by atoms with Crippen molar-refractivity contribution in [2.75, 3.05) is 53.0 Å². The number of carbonyl (C=O) groups is 1. The zero-order valence-corrected chi connectivity index (χ0v) is 21.4. The Bertz CT molecular complexity index is 493. The van der Waals surface area contributed by atoms with Crippen LogP contribution in [0.4, 0.5) is 0 Å². The number of hydrogen-bond acceptors (Lipinski definition) is 5. The maximum absolute atomic E-state index is 11.3. The smallest absolute Gasteiger partial charge is 0.305 e. The van der Waals surface area contributed by atoms with Gasteiger partial charge >= 0.3 is 5.97 Å². The Balaban J connectivity index is 0.00000450. The van der Waals surface area contributed by atoms with Crippen LogP contribution in [-0.2, 0) is 14.3 Å². The van der Waals surface area contributed by atoms with Crippen molar-refractivity contribution in [2.24, 2.45) is 4.99 Å². The highest BCUT2D eigenvalue weighted by Gasteiger charge is 2.38. The van der Waals surface area contributed by atoms with E-state index in [1.54, 1.807) is 0 Å². The van der Waals surface area contributed by atoms with Crippen LogP contribution in [-0.4, -0.2) is 75.4 Å². The average molecular weight is 539 g/mol. The molecule has 0 amide bonds. The first-order valence-electron chi connectivity index (χ1n) is 11.6. The van der Waals surface area contributed by atoms with Crippen LogP contribution in [0.2, 0.25) is 0 Å². The Kier molecular flexibility index (Phi) is 14.7. The second kappa shape index (κ2) is 16.1. The Hall–Kier alpha value is -0.610. The first kappa shape index (κ1) is 27.4. The lowest BCUT2D eigenvalue weighted by molar-refractivity contribution is -0.143. The number of carbonyl (C=O) groups excluding carboxylic acids is 1. The standard InChI is InChI=1S/C22H42N4O3.HI/c1-3-29-20(27)11-7-4-5-10-14-24-21(23-2)25-19-22(12-8-6-9-13-22)26-15-17-28-18-16-26;/h3-19H2,1-2H3,(H2,23,24,25);1H. The average Bonchev–Trinajstić information content (AvgIpc) is 2.76. The van der Waals surface area contributed by atoms with Gasteiger partial charge in [-0.25, -0.2) is 0 Å². The molecule has 1 saturated carbocycles. The summed E-state index contributed by atoms with van der Waals surface area (Å²) in [6, 6.07) is 0. The van der Waals surface area contributed by atoms with Crippen molar-refractivity contribution in [3.63, 3.8) is 0 Å². The van der Waals surface area contributed by atoms with E-state index >= 15 is 0 Å². The largest absolute Gasteiger partial charge is 0.466 e. The van der Waals surface area contributed by atoms with E-state index in [9.17, 15) is 4.79 Å². The summed E-state index contributed by atoms with van der Waals surface area (Å²) in [5, 5.41) is 7.06. The van der Waals surface area contributed by atoms with Crippen LogP contribution >= 0.6 is 24.0 Å². The SMILES string of the molecule is CCOC(=O)CCCCCCNC(=NC)NCC1(N2CCOCC2)CCCCC1.I. The van der Waals surface area contributed by atoms with Crippen LogP contribution in [0.25, 0.3) is 0 Å². The Morgan fingerprint density at radius 2 is 1.77 bits per heavy atom. The zero-order valence-electron chi connectivity index (χ0n) is 19.0. The van der Waals surface area contributed by atoms with E-state index in [4.69, 9.17) is 9.47 Å². The molecular weight excluding hydrogens is 495 g/mol. The number of unbranched alkanes of at least 4 members (excludes halogenated alkanes) is 3. The van der Waals surface area contributed by atoms with Gasteiger partial charge in [-0.3, -0.25) is 14.7 Å². The number of esters is 1. The van der Waals surface area contributed by atoms with Gasteiger partial charge in [-0.15, -0.1) is 24.0 Å². The van der Waals surface area contributed by atoms with Crippen molar-refractivity contribution in [3.8, 4) is 0 Å². The first-order chi connectivity index (χ1) is 14.2. The van der Waals surface area contributed by atoms with Crippen LogP contribution in [0.1, 0.15) is 71.1 Å². The minimum atomic E-state index is -0.0767. The van der Waals surface area contributed by atoms with Gasteiger partial charge in [0.15, 0.2) is 5.96 Å². The molecule has 7 nitrogen and oxygen atoms in total. The van der Waals surface area contributed by atoms with Gasteiger partial charge in [0.05, 0.1) is 19.8 Å². The number of rotatable bonds is 11. The molecule has 0 aromatic carbocycles. The van der Waals surface area contributed by atoms with E-state index in [1.807, 2.05) is 14.0 Å². The van der Waals surface area contributed by atoms with E-state index in [0.29, 0.717) is 13.0 Å². The van der Waals surface area contributed by atoms with Gasteiger partial charge in [-0.2, -0.15) is 0 Å². The predicted octanol–water partition coefficient (Wildman–Crippen LogP) is 3.32. The lowest BCUT2D eigenvalue weighted by atomic mass is 9.80. The summed E-state index contributed by atoms with van der Waals surface area (Å²) < 4.78 is 10.5. The summed E-state index contributed by atoms with van der Waals surface area (Å²) in [4.78, 5) is 18.4. The number of halogens is 1. The molecule has 0 aromatic rings. The second-order valence-corrected chi connectivity index (χ2v) is 8.21. The molecule has 2 aliphatic rings. The molecule has 2 rings (SSSR count). The number of nitrogens with one attached hydrogen (secondary N) is 2. The third-order valence-electron chi connectivity index (χ3n) is 6.18. The maximum atomic E-state index is 11.3. The number of morpholine rings is 1. The fraction of sp³-hybridized carbons (Fsp3) is 0.909. The number of guanidine groups is 1. The third kappa shape index (κ3) is 9.68. The van der Waals surface area contributed by atoms with Crippen molar-refractivity contribution in [1.82, 2.24) is 15.5 Å². The van der Waals surface area contributed by atoms with E-state index in [-0.39, 0.29) is 35.5 Å². The molecule has 0 radical (unpaired) electrons. The summed E-state index contributed by atoms with van der Waals surface area (Å²) in [7, 11) is 1.84. The summed E-state index contributed by atoms with van der Waals surface area (Å²) in [5.74, 6) is 0.821. The van der Waals surface area contributed by atoms with Gasteiger partial charge < -0.3 is 20.1 Å². The third-order valence-corrected chi connectivity index (χ3v) is 6.18. The van der Waals surface area contributed by atoms with Crippen LogP contribution in [0.15, 0.2) is 4.99 Å². The fourth-order valence-corrected chi connectivity index (χ4v) is 4.51. The molecule has 1 aliphatic carbocycles. The van der Waals surface area contributed by atoms with E-state index in [2.05, 4.69) is 20.5 Å². The molecule has 2 fully saturated rings. The monoisotopic (exact) mass is 538 g/mol. The molecule has 0 atom stereocenters. The molecule has 2 N–H and O–H groups in total. The second-order valence-electron chi connectivity index (χ2n) is 8.21. The zero-order chi connectivity index (χ0) is 20.8. The lowest BCUT2D eigenvalue weighted by Crippen LogP contribution is -2.60. The van der Waals surface area contributed by atoms with Gasteiger partial charge in [0.2, 0.25) is 0 Å². The van der Waals surface area contributed by atoms with Crippen LogP contribution in [0.5, 0.6) is 0 Å². The van der Waals surface area contributed by atoms with Crippen molar-refractivity contribution in [3.05, 3.63) is 0 Å². The Morgan fingerprint density at radius 3 is 2.43 bits per heavy atom. The summed E-state index contributed by atoms with van der Waals surface area (Å²) in [6.45, 7) is 7.97. The molecule has 0 spiro atoms. The molecule has 0 aromatic heterocycles. The molecule has 30 heavy (non-hydrogen) atoms. The minimum absolute atomic E-state index is 0. The predicted molar refractivity (Wildman–Crippen MR) is 133 cm³/mol. The van der Waals surface area contributed by atoms with Gasteiger partial charge in [0.25, 0.3) is 0 Å². The fourth-order valence-electron chi connectivity index (χ4n) is 4.51. The number of hydrogen-bond donors (Lipinski definition) is 2. The Labute approximate surface area is 200 Å². The molecule has 1 saturated heterocycles. The van der Waals surface area contributed by atoms with E-state index in [1.165, 1.54) is 32.1 Å². The van der Waals surface area contributed by atoms with Gasteiger partial charge in [0, 0.05) is 45.2 Å². The Morgan fingerprint density at radius 1 is 1.07 bits per heavy atom.